The number of primary amides is 1. The number of carbonyl (C=O) groups is 3. The number of fused-ring (bicyclic) bond motifs is 1. The number of hydrogen-bond acceptors (Lipinski definition) is 7. The van der Waals surface area contributed by atoms with Crippen molar-refractivity contribution in [1.29, 1.82) is 0 Å². The lowest BCUT2D eigenvalue weighted by Gasteiger charge is -2.38. The Hall–Kier alpha value is -3.50. The van der Waals surface area contributed by atoms with Crippen molar-refractivity contribution in [1.82, 2.24) is 19.8 Å². The van der Waals surface area contributed by atoms with Crippen molar-refractivity contribution in [3.05, 3.63) is 57.5 Å². The van der Waals surface area contributed by atoms with Crippen LogP contribution in [0.4, 0.5) is 5.82 Å². The Morgan fingerprint density at radius 2 is 2.03 bits per heavy atom. The SMILES string of the molecule is NC(=O)C1CN(Cc2ccc3c(N)ncnc3c2)C(=O)C(=O)N1C/C=C/c1ccc(Cl)s1. The van der Waals surface area contributed by atoms with Gasteiger partial charge in [-0.3, -0.25) is 14.4 Å². The van der Waals surface area contributed by atoms with Gasteiger partial charge in [0.1, 0.15) is 18.2 Å². The molecule has 1 saturated heterocycles. The topological polar surface area (TPSA) is 136 Å². The molecule has 0 aliphatic carbocycles. The van der Waals surface area contributed by atoms with E-state index in [1.165, 1.54) is 27.5 Å². The van der Waals surface area contributed by atoms with E-state index < -0.39 is 23.8 Å². The van der Waals surface area contributed by atoms with Gasteiger partial charge in [-0.25, -0.2) is 9.97 Å². The second-order valence-corrected chi connectivity index (χ2v) is 8.96. The number of aromatic nitrogens is 2. The molecule has 164 valence electrons. The molecule has 1 aliphatic heterocycles. The summed E-state index contributed by atoms with van der Waals surface area (Å²) in [4.78, 5) is 49.2. The number of thiophene rings is 1. The van der Waals surface area contributed by atoms with Crippen molar-refractivity contribution in [2.24, 2.45) is 5.73 Å². The molecule has 4 rings (SSSR count). The number of halogens is 1. The molecule has 32 heavy (non-hydrogen) atoms. The second-order valence-electron chi connectivity index (χ2n) is 7.22. The van der Waals surface area contributed by atoms with E-state index in [9.17, 15) is 14.4 Å². The highest BCUT2D eigenvalue weighted by Crippen LogP contribution is 2.23. The average molecular weight is 471 g/mol. The molecule has 3 aromatic rings. The lowest BCUT2D eigenvalue weighted by Crippen LogP contribution is -2.63. The van der Waals surface area contributed by atoms with Gasteiger partial charge >= 0.3 is 11.8 Å². The molecule has 9 nitrogen and oxygen atoms in total. The molecule has 1 atom stereocenters. The molecular weight excluding hydrogens is 452 g/mol. The van der Waals surface area contributed by atoms with Crippen LogP contribution in [-0.2, 0) is 20.9 Å². The van der Waals surface area contributed by atoms with Crippen LogP contribution in [0.3, 0.4) is 0 Å². The number of nitrogens with zero attached hydrogens (tertiary/aromatic N) is 4. The van der Waals surface area contributed by atoms with E-state index in [2.05, 4.69) is 9.97 Å². The first-order valence-electron chi connectivity index (χ1n) is 9.63. The van der Waals surface area contributed by atoms with Crippen molar-refractivity contribution < 1.29 is 14.4 Å². The molecular formula is C21H19ClN6O3S. The van der Waals surface area contributed by atoms with Gasteiger partial charge in [0.25, 0.3) is 0 Å². The van der Waals surface area contributed by atoms with Crippen LogP contribution in [0.25, 0.3) is 17.0 Å². The maximum atomic E-state index is 12.8. The fraction of sp³-hybridized carbons (Fsp3) is 0.190. The van der Waals surface area contributed by atoms with Crippen LogP contribution in [0.2, 0.25) is 4.34 Å². The monoisotopic (exact) mass is 470 g/mol. The maximum absolute atomic E-state index is 12.8. The summed E-state index contributed by atoms with van der Waals surface area (Å²) in [5.41, 5.74) is 12.8. The molecule has 1 aromatic carbocycles. The zero-order valence-corrected chi connectivity index (χ0v) is 18.3. The van der Waals surface area contributed by atoms with Gasteiger partial charge < -0.3 is 21.3 Å². The van der Waals surface area contributed by atoms with Crippen LogP contribution < -0.4 is 11.5 Å². The van der Waals surface area contributed by atoms with Crippen LogP contribution in [0, 0.1) is 0 Å². The highest BCUT2D eigenvalue weighted by molar-refractivity contribution is 7.16. The van der Waals surface area contributed by atoms with Crippen LogP contribution in [0.15, 0.2) is 42.7 Å². The van der Waals surface area contributed by atoms with E-state index in [0.29, 0.717) is 21.1 Å². The number of nitrogen functional groups attached to an aromatic ring is 1. The molecule has 1 aliphatic rings. The summed E-state index contributed by atoms with van der Waals surface area (Å²) < 4.78 is 0.641. The van der Waals surface area contributed by atoms with Gasteiger partial charge in [-0.2, -0.15) is 0 Å². The van der Waals surface area contributed by atoms with E-state index in [1.807, 2.05) is 6.07 Å². The Morgan fingerprint density at radius 1 is 1.22 bits per heavy atom. The van der Waals surface area contributed by atoms with E-state index in [1.54, 1.807) is 36.4 Å². The van der Waals surface area contributed by atoms with Crippen LogP contribution in [0.5, 0.6) is 0 Å². The minimum absolute atomic E-state index is 0.00251. The van der Waals surface area contributed by atoms with Crippen LogP contribution in [-0.4, -0.2) is 56.6 Å². The van der Waals surface area contributed by atoms with E-state index in [-0.39, 0.29) is 19.6 Å². The normalized spacial score (nSPS) is 17.0. The molecule has 1 unspecified atom stereocenters. The van der Waals surface area contributed by atoms with Gasteiger partial charge in [-0.05, 0) is 35.9 Å². The number of nitrogens with two attached hydrogens (primary N) is 2. The first-order chi connectivity index (χ1) is 15.3. The first-order valence-corrected chi connectivity index (χ1v) is 10.8. The average Bonchev–Trinajstić information content (AvgIpc) is 3.18. The molecule has 4 N–H and O–H groups in total. The quantitative estimate of drug-likeness (QED) is 0.526. The molecule has 0 radical (unpaired) electrons. The van der Waals surface area contributed by atoms with Gasteiger partial charge in [0.2, 0.25) is 5.91 Å². The van der Waals surface area contributed by atoms with Gasteiger partial charge in [-0.1, -0.05) is 23.7 Å². The molecule has 0 saturated carbocycles. The van der Waals surface area contributed by atoms with E-state index in [4.69, 9.17) is 23.1 Å². The summed E-state index contributed by atoms with van der Waals surface area (Å²) in [5, 5.41) is 0.692. The van der Waals surface area contributed by atoms with Crippen molar-refractivity contribution in [3.63, 3.8) is 0 Å². The predicted octanol–water partition coefficient (Wildman–Crippen LogP) is 1.67. The van der Waals surface area contributed by atoms with Crippen molar-refractivity contribution in [2.45, 2.75) is 12.6 Å². The first kappa shape index (κ1) is 21.7. The zero-order valence-electron chi connectivity index (χ0n) is 16.8. The second kappa shape index (κ2) is 8.93. The minimum Gasteiger partial charge on any atom is -0.383 e. The Labute approximate surface area is 192 Å². The highest BCUT2D eigenvalue weighted by atomic mass is 35.5. The summed E-state index contributed by atoms with van der Waals surface area (Å²) in [7, 11) is 0. The Morgan fingerprint density at radius 3 is 2.75 bits per heavy atom. The lowest BCUT2D eigenvalue weighted by atomic mass is 10.1. The van der Waals surface area contributed by atoms with Crippen molar-refractivity contribution in [3.8, 4) is 0 Å². The largest absolute Gasteiger partial charge is 0.383 e. The number of carbonyl (C=O) groups excluding carboxylic acids is 3. The Balaban J connectivity index is 1.51. The fourth-order valence-electron chi connectivity index (χ4n) is 3.52. The molecule has 0 bridgehead atoms. The van der Waals surface area contributed by atoms with Crippen molar-refractivity contribution in [2.75, 3.05) is 18.8 Å². The van der Waals surface area contributed by atoms with Gasteiger partial charge in [0, 0.05) is 23.4 Å². The van der Waals surface area contributed by atoms with Gasteiger partial charge in [0.05, 0.1) is 16.4 Å². The number of anilines is 1. The van der Waals surface area contributed by atoms with Crippen LogP contribution >= 0.6 is 22.9 Å². The summed E-state index contributed by atoms with van der Waals surface area (Å²) in [6, 6.07) is 7.97. The third kappa shape index (κ3) is 4.41. The standard InChI is InChI=1S/C21H19ClN6O3S/c22-17-6-4-13(32-17)2-1-7-28-16(19(24)29)10-27(20(30)21(28)31)9-12-3-5-14-15(8-12)25-11-26-18(14)23/h1-6,8,11,16H,7,9-10H2,(H2,24,29)(H2,23,25,26)/b2-1+. The molecule has 1 fully saturated rings. The third-order valence-corrected chi connectivity index (χ3v) is 6.31. The molecule has 3 amide bonds. The number of rotatable bonds is 6. The molecule has 11 heteroatoms. The third-order valence-electron chi connectivity index (χ3n) is 5.11. The lowest BCUT2D eigenvalue weighted by molar-refractivity contribution is -0.160. The number of hydrogen-bond donors (Lipinski definition) is 2. The van der Waals surface area contributed by atoms with Crippen molar-refractivity contribution >= 4 is 63.5 Å². The molecule has 0 spiro atoms. The van der Waals surface area contributed by atoms with E-state index in [0.717, 1.165) is 10.4 Å². The zero-order chi connectivity index (χ0) is 22.8. The summed E-state index contributed by atoms with van der Waals surface area (Å²) in [5.74, 6) is -1.80. The van der Waals surface area contributed by atoms with E-state index >= 15 is 0 Å². The number of amides is 3. The summed E-state index contributed by atoms with van der Waals surface area (Å²) in [6.45, 7) is 0.210. The maximum Gasteiger partial charge on any atom is 0.313 e. The van der Waals surface area contributed by atoms with Crippen LogP contribution in [0.1, 0.15) is 10.4 Å². The molecule has 2 aromatic heterocycles. The fourth-order valence-corrected chi connectivity index (χ4v) is 4.51. The smallest absolute Gasteiger partial charge is 0.313 e. The minimum atomic E-state index is -0.935. The summed E-state index contributed by atoms with van der Waals surface area (Å²) >= 11 is 7.29. The Kier molecular flexibility index (Phi) is 6.06. The summed E-state index contributed by atoms with van der Waals surface area (Å²) in [6.07, 6.45) is 4.84. The Bertz CT molecular complexity index is 1240. The highest BCUT2D eigenvalue weighted by Gasteiger charge is 2.41. The number of piperazine rings is 1. The van der Waals surface area contributed by atoms with Gasteiger partial charge in [-0.15, -0.1) is 11.3 Å². The predicted molar refractivity (Wildman–Crippen MR) is 122 cm³/mol. The number of benzene rings is 1. The van der Waals surface area contributed by atoms with Gasteiger partial charge in [0.15, 0.2) is 0 Å². The molecule has 3 heterocycles.